The first-order valence-electron chi connectivity index (χ1n) is 6.44. The molecule has 0 aliphatic rings. The predicted molar refractivity (Wildman–Crippen MR) is 82.8 cm³/mol. The molecule has 2 atom stereocenters. The smallest absolute Gasteiger partial charge is 0.124 e. The quantitative estimate of drug-likeness (QED) is 0.781. The Kier molecular flexibility index (Phi) is 5.03. The van der Waals surface area contributed by atoms with E-state index in [1.165, 1.54) is 12.1 Å². The lowest BCUT2D eigenvalue weighted by Gasteiger charge is -2.21. The van der Waals surface area contributed by atoms with E-state index in [0.29, 0.717) is 10.0 Å². The van der Waals surface area contributed by atoms with Crippen molar-refractivity contribution in [3.8, 4) is 0 Å². The van der Waals surface area contributed by atoms with Crippen molar-refractivity contribution in [2.45, 2.75) is 25.9 Å². The van der Waals surface area contributed by atoms with Crippen molar-refractivity contribution < 1.29 is 4.39 Å². The summed E-state index contributed by atoms with van der Waals surface area (Å²) in [5, 5.41) is 4.58. The van der Waals surface area contributed by atoms with E-state index in [2.05, 4.69) is 12.2 Å². The second-order valence-corrected chi connectivity index (χ2v) is 5.67. The molecule has 2 aromatic rings. The number of benzene rings is 2. The molecule has 106 valence electrons. The van der Waals surface area contributed by atoms with Crippen molar-refractivity contribution in [2.24, 2.45) is 0 Å². The molecule has 0 aliphatic heterocycles. The van der Waals surface area contributed by atoms with Gasteiger partial charge in [0, 0.05) is 22.1 Å². The van der Waals surface area contributed by atoms with Crippen LogP contribution < -0.4 is 5.32 Å². The Morgan fingerprint density at radius 2 is 1.75 bits per heavy atom. The summed E-state index contributed by atoms with van der Waals surface area (Å²) in [5.41, 5.74) is 1.98. The lowest BCUT2D eigenvalue weighted by atomic mass is 10.0. The Labute approximate surface area is 128 Å². The Bertz CT molecular complexity index is 601. The van der Waals surface area contributed by atoms with Gasteiger partial charge in [-0.05, 0) is 49.2 Å². The van der Waals surface area contributed by atoms with Gasteiger partial charge in [-0.1, -0.05) is 41.4 Å². The van der Waals surface area contributed by atoms with Crippen LogP contribution in [0.4, 0.5) is 4.39 Å². The normalized spacial score (nSPS) is 14.1. The SMILES string of the molecule is CC(N[C@H](C)c1cccc(Cl)c1)c1ccc(F)cc1Cl. The molecular weight excluding hydrogens is 296 g/mol. The summed E-state index contributed by atoms with van der Waals surface area (Å²) in [6.45, 7) is 4.06. The molecule has 2 aromatic carbocycles. The Morgan fingerprint density at radius 3 is 2.40 bits per heavy atom. The van der Waals surface area contributed by atoms with Crippen molar-refractivity contribution in [3.63, 3.8) is 0 Å². The third-order valence-corrected chi connectivity index (χ3v) is 3.84. The zero-order valence-electron chi connectivity index (χ0n) is 11.3. The van der Waals surface area contributed by atoms with Crippen LogP contribution in [0.1, 0.15) is 37.1 Å². The topological polar surface area (TPSA) is 12.0 Å². The third kappa shape index (κ3) is 3.72. The van der Waals surface area contributed by atoms with E-state index < -0.39 is 0 Å². The Hall–Kier alpha value is -1.09. The van der Waals surface area contributed by atoms with Gasteiger partial charge < -0.3 is 5.32 Å². The number of nitrogens with one attached hydrogen (secondary N) is 1. The molecular formula is C16H16Cl2FN. The van der Waals surface area contributed by atoms with Crippen LogP contribution in [-0.4, -0.2) is 0 Å². The molecule has 0 aromatic heterocycles. The summed E-state index contributed by atoms with van der Waals surface area (Å²) in [6, 6.07) is 12.3. The van der Waals surface area contributed by atoms with Crippen LogP contribution >= 0.6 is 23.2 Å². The molecule has 0 spiro atoms. The third-order valence-electron chi connectivity index (χ3n) is 3.28. The minimum absolute atomic E-state index is 0.0112. The van der Waals surface area contributed by atoms with Gasteiger partial charge in [0.2, 0.25) is 0 Å². The summed E-state index contributed by atoms with van der Waals surface area (Å²) in [7, 11) is 0. The van der Waals surface area contributed by atoms with Crippen LogP contribution in [0.15, 0.2) is 42.5 Å². The maximum atomic E-state index is 13.1. The molecule has 0 aliphatic carbocycles. The zero-order valence-corrected chi connectivity index (χ0v) is 12.8. The van der Waals surface area contributed by atoms with Crippen LogP contribution in [0, 0.1) is 5.82 Å². The van der Waals surface area contributed by atoms with E-state index in [1.54, 1.807) is 6.07 Å². The van der Waals surface area contributed by atoms with Gasteiger partial charge >= 0.3 is 0 Å². The molecule has 2 rings (SSSR count). The Morgan fingerprint density at radius 1 is 1.00 bits per heavy atom. The van der Waals surface area contributed by atoms with Gasteiger partial charge in [-0.25, -0.2) is 4.39 Å². The highest BCUT2D eigenvalue weighted by molar-refractivity contribution is 6.31. The molecule has 0 heterocycles. The highest BCUT2D eigenvalue weighted by Crippen LogP contribution is 2.26. The van der Waals surface area contributed by atoms with Gasteiger partial charge in [0.1, 0.15) is 5.82 Å². The fourth-order valence-electron chi connectivity index (χ4n) is 2.19. The average Bonchev–Trinajstić information content (AvgIpc) is 2.38. The molecule has 0 amide bonds. The molecule has 0 fully saturated rings. The number of hydrogen-bond acceptors (Lipinski definition) is 1. The zero-order chi connectivity index (χ0) is 14.7. The molecule has 0 radical (unpaired) electrons. The van der Waals surface area contributed by atoms with Crippen molar-refractivity contribution in [3.05, 3.63) is 69.5 Å². The highest BCUT2D eigenvalue weighted by Gasteiger charge is 2.14. The molecule has 1 nitrogen and oxygen atoms in total. The highest BCUT2D eigenvalue weighted by atomic mass is 35.5. The van der Waals surface area contributed by atoms with Gasteiger partial charge in [0.05, 0.1) is 0 Å². The minimum Gasteiger partial charge on any atom is -0.304 e. The molecule has 0 saturated carbocycles. The molecule has 1 unspecified atom stereocenters. The summed E-state index contributed by atoms with van der Waals surface area (Å²) in [4.78, 5) is 0. The lowest BCUT2D eigenvalue weighted by Crippen LogP contribution is -2.22. The number of rotatable bonds is 4. The van der Waals surface area contributed by atoms with Crippen LogP contribution in [0.3, 0.4) is 0 Å². The van der Waals surface area contributed by atoms with Crippen molar-refractivity contribution >= 4 is 23.2 Å². The van der Waals surface area contributed by atoms with Gasteiger partial charge in [-0.15, -0.1) is 0 Å². The molecule has 0 bridgehead atoms. The number of halogens is 3. The van der Waals surface area contributed by atoms with E-state index >= 15 is 0 Å². The van der Waals surface area contributed by atoms with Crippen molar-refractivity contribution in [2.75, 3.05) is 0 Å². The van der Waals surface area contributed by atoms with Gasteiger partial charge in [0.25, 0.3) is 0 Å². The second-order valence-electron chi connectivity index (χ2n) is 4.83. The first-order valence-corrected chi connectivity index (χ1v) is 7.19. The summed E-state index contributed by atoms with van der Waals surface area (Å²) >= 11 is 12.1. The largest absolute Gasteiger partial charge is 0.304 e. The van der Waals surface area contributed by atoms with E-state index in [-0.39, 0.29) is 17.9 Å². The minimum atomic E-state index is -0.325. The lowest BCUT2D eigenvalue weighted by molar-refractivity contribution is 0.494. The molecule has 0 saturated heterocycles. The van der Waals surface area contributed by atoms with Gasteiger partial charge in [-0.2, -0.15) is 0 Å². The monoisotopic (exact) mass is 311 g/mol. The van der Waals surface area contributed by atoms with Crippen molar-refractivity contribution in [1.82, 2.24) is 5.32 Å². The fraction of sp³-hybridized carbons (Fsp3) is 0.250. The van der Waals surface area contributed by atoms with E-state index in [9.17, 15) is 4.39 Å². The van der Waals surface area contributed by atoms with Crippen LogP contribution in [0.5, 0.6) is 0 Å². The fourth-order valence-corrected chi connectivity index (χ4v) is 2.72. The van der Waals surface area contributed by atoms with Crippen LogP contribution in [0.2, 0.25) is 10.0 Å². The molecule has 4 heteroatoms. The maximum Gasteiger partial charge on any atom is 0.124 e. The summed E-state index contributed by atoms with van der Waals surface area (Å²) < 4.78 is 13.1. The summed E-state index contributed by atoms with van der Waals surface area (Å²) in [5.74, 6) is -0.325. The maximum absolute atomic E-state index is 13.1. The predicted octanol–water partition coefficient (Wildman–Crippen LogP) is 5.54. The second kappa shape index (κ2) is 6.57. The first-order chi connectivity index (χ1) is 9.47. The first kappa shape index (κ1) is 15.3. The standard InChI is InChI=1S/C16H16Cl2FN/c1-10(12-4-3-5-13(17)8-12)20-11(2)15-7-6-14(19)9-16(15)18/h3-11,20H,1-2H3/t10-,11?/m1/s1. The van der Waals surface area contributed by atoms with E-state index in [4.69, 9.17) is 23.2 Å². The van der Waals surface area contributed by atoms with Gasteiger partial charge in [0.15, 0.2) is 0 Å². The van der Waals surface area contributed by atoms with Gasteiger partial charge in [-0.3, -0.25) is 0 Å². The van der Waals surface area contributed by atoms with Crippen LogP contribution in [-0.2, 0) is 0 Å². The van der Waals surface area contributed by atoms with Crippen molar-refractivity contribution in [1.29, 1.82) is 0 Å². The van der Waals surface area contributed by atoms with Crippen LogP contribution in [0.25, 0.3) is 0 Å². The summed E-state index contributed by atoms with van der Waals surface area (Å²) in [6.07, 6.45) is 0. The van der Waals surface area contributed by atoms with E-state index in [1.807, 2.05) is 31.2 Å². The Balaban J connectivity index is 2.12. The number of hydrogen-bond donors (Lipinski definition) is 1. The molecule has 1 N–H and O–H groups in total. The average molecular weight is 312 g/mol. The van der Waals surface area contributed by atoms with E-state index in [0.717, 1.165) is 11.1 Å². The molecule has 20 heavy (non-hydrogen) atoms.